The molecule has 0 saturated carbocycles. The van der Waals surface area contributed by atoms with Gasteiger partial charge in [0, 0.05) is 29.0 Å². The Morgan fingerprint density at radius 2 is 2.12 bits per heavy atom. The van der Waals surface area contributed by atoms with E-state index in [0.717, 1.165) is 31.0 Å². The Labute approximate surface area is 99.6 Å². The SMILES string of the molecule is N#Cc1ccc(SC2CCOCC2)c(N)c1. The van der Waals surface area contributed by atoms with Gasteiger partial charge in [0.2, 0.25) is 0 Å². The molecule has 3 nitrogen and oxygen atoms in total. The highest BCUT2D eigenvalue weighted by molar-refractivity contribution is 8.00. The first-order chi connectivity index (χ1) is 7.79. The Hall–Kier alpha value is -1.18. The molecule has 0 aliphatic carbocycles. The number of anilines is 1. The summed E-state index contributed by atoms with van der Waals surface area (Å²) in [5.74, 6) is 0. The van der Waals surface area contributed by atoms with Crippen LogP contribution in [-0.2, 0) is 4.74 Å². The monoisotopic (exact) mass is 234 g/mol. The molecule has 0 aromatic heterocycles. The molecule has 1 aromatic carbocycles. The minimum Gasteiger partial charge on any atom is -0.398 e. The first kappa shape index (κ1) is 11.3. The van der Waals surface area contributed by atoms with E-state index in [1.165, 1.54) is 0 Å². The van der Waals surface area contributed by atoms with Crippen LogP contribution in [0.3, 0.4) is 0 Å². The molecule has 1 aliphatic heterocycles. The molecule has 1 aromatic rings. The summed E-state index contributed by atoms with van der Waals surface area (Å²) in [5, 5.41) is 9.33. The predicted octanol–water partition coefficient (Wildman–Crippen LogP) is 2.41. The number of nitrogen functional groups attached to an aromatic ring is 1. The summed E-state index contributed by atoms with van der Waals surface area (Å²) in [6.07, 6.45) is 2.15. The average Bonchev–Trinajstić information content (AvgIpc) is 2.33. The summed E-state index contributed by atoms with van der Waals surface area (Å²) in [5.41, 5.74) is 7.23. The van der Waals surface area contributed by atoms with Crippen molar-refractivity contribution in [2.45, 2.75) is 23.0 Å². The maximum Gasteiger partial charge on any atom is 0.0992 e. The Morgan fingerprint density at radius 3 is 2.75 bits per heavy atom. The minimum atomic E-state index is 0.587. The van der Waals surface area contributed by atoms with Gasteiger partial charge in [-0.15, -0.1) is 11.8 Å². The number of rotatable bonds is 2. The van der Waals surface area contributed by atoms with Gasteiger partial charge in [0.1, 0.15) is 0 Å². The number of nitrogens with two attached hydrogens (primary N) is 1. The van der Waals surface area contributed by atoms with E-state index in [-0.39, 0.29) is 0 Å². The molecule has 84 valence electrons. The second-order valence-electron chi connectivity index (χ2n) is 3.79. The van der Waals surface area contributed by atoms with Crippen LogP contribution in [0.15, 0.2) is 23.1 Å². The first-order valence-corrected chi connectivity index (χ1v) is 6.21. The molecule has 2 rings (SSSR count). The van der Waals surface area contributed by atoms with Crippen molar-refractivity contribution in [2.75, 3.05) is 18.9 Å². The quantitative estimate of drug-likeness (QED) is 0.798. The van der Waals surface area contributed by atoms with E-state index in [1.807, 2.05) is 12.1 Å². The summed E-state index contributed by atoms with van der Waals surface area (Å²) >= 11 is 1.80. The van der Waals surface area contributed by atoms with Crippen LogP contribution in [0.5, 0.6) is 0 Å². The zero-order valence-corrected chi connectivity index (χ0v) is 9.80. The minimum absolute atomic E-state index is 0.587. The van der Waals surface area contributed by atoms with Gasteiger partial charge in [-0.05, 0) is 31.0 Å². The molecule has 1 saturated heterocycles. The van der Waals surface area contributed by atoms with Gasteiger partial charge in [0.15, 0.2) is 0 Å². The summed E-state index contributed by atoms with van der Waals surface area (Å²) in [6, 6.07) is 7.58. The summed E-state index contributed by atoms with van der Waals surface area (Å²) in [4.78, 5) is 1.07. The van der Waals surface area contributed by atoms with Crippen LogP contribution < -0.4 is 5.73 Å². The Morgan fingerprint density at radius 1 is 1.38 bits per heavy atom. The third-order valence-corrected chi connectivity index (χ3v) is 4.03. The molecule has 0 amide bonds. The smallest absolute Gasteiger partial charge is 0.0992 e. The standard InChI is InChI=1S/C12H14N2OS/c13-8-9-1-2-12(11(14)7-9)16-10-3-5-15-6-4-10/h1-2,7,10H,3-6,14H2. The van der Waals surface area contributed by atoms with Gasteiger partial charge in [-0.25, -0.2) is 0 Å². The zero-order valence-electron chi connectivity index (χ0n) is 8.98. The van der Waals surface area contributed by atoms with Crippen LogP contribution in [0.25, 0.3) is 0 Å². The highest BCUT2D eigenvalue weighted by atomic mass is 32.2. The van der Waals surface area contributed by atoms with E-state index in [4.69, 9.17) is 15.7 Å². The van der Waals surface area contributed by atoms with Crippen LogP contribution in [-0.4, -0.2) is 18.5 Å². The molecule has 2 N–H and O–H groups in total. The van der Waals surface area contributed by atoms with Crippen molar-refractivity contribution in [3.05, 3.63) is 23.8 Å². The fourth-order valence-electron chi connectivity index (χ4n) is 1.70. The number of nitriles is 1. The van der Waals surface area contributed by atoms with E-state index in [0.29, 0.717) is 16.5 Å². The van der Waals surface area contributed by atoms with Crippen molar-refractivity contribution >= 4 is 17.4 Å². The third-order valence-electron chi connectivity index (χ3n) is 2.60. The lowest BCUT2D eigenvalue weighted by molar-refractivity contribution is 0.100. The predicted molar refractivity (Wildman–Crippen MR) is 65.3 cm³/mol. The molecule has 0 unspecified atom stereocenters. The van der Waals surface area contributed by atoms with Crippen LogP contribution in [0.2, 0.25) is 0 Å². The highest BCUT2D eigenvalue weighted by Gasteiger charge is 2.16. The molecule has 1 aliphatic rings. The summed E-state index contributed by atoms with van der Waals surface area (Å²) in [7, 11) is 0. The fraction of sp³-hybridized carbons (Fsp3) is 0.417. The van der Waals surface area contributed by atoms with Gasteiger partial charge in [-0.2, -0.15) is 5.26 Å². The molecule has 16 heavy (non-hydrogen) atoms. The average molecular weight is 234 g/mol. The van der Waals surface area contributed by atoms with Crippen molar-refractivity contribution in [1.82, 2.24) is 0 Å². The highest BCUT2D eigenvalue weighted by Crippen LogP contribution is 2.33. The van der Waals surface area contributed by atoms with E-state index in [9.17, 15) is 0 Å². The number of ether oxygens (including phenoxy) is 1. The Bertz CT molecular complexity index is 408. The van der Waals surface area contributed by atoms with Crippen molar-refractivity contribution in [3.8, 4) is 6.07 Å². The normalized spacial score (nSPS) is 16.9. The maximum absolute atomic E-state index is 8.75. The van der Waals surface area contributed by atoms with Gasteiger partial charge >= 0.3 is 0 Å². The molecule has 0 spiro atoms. The number of hydrogen-bond acceptors (Lipinski definition) is 4. The molecular formula is C12H14N2OS. The number of nitrogens with zero attached hydrogens (tertiary/aromatic N) is 1. The lowest BCUT2D eigenvalue weighted by Gasteiger charge is -2.21. The van der Waals surface area contributed by atoms with Crippen LogP contribution >= 0.6 is 11.8 Å². The van der Waals surface area contributed by atoms with Gasteiger partial charge in [0.25, 0.3) is 0 Å². The molecule has 0 atom stereocenters. The Balaban J connectivity index is 2.06. The second-order valence-corrected chi connectivity index (χ2v) is 5.14. The van der Waals surface area contributed by atoms with Crippen LogP contribution in [0.4, 0.5) is 5.69 Å². The second kappa shape index (κ2) is 5.24. The van der Waals surface area contributed by atoms with E-state index < -0.39 is 0 Å². The molecule has 4 heteroatoms. The van der Waals surface area contributed by atoms with Gasteiger partial charge in [0.05, 0.1) is 11.6 Å². The van der Waals surface area contributed by atoms with Crippen molar-refractivity contribution in [3.63, 3.8) is 0 Å². The van der Waals surface area contributed by atoms with Gasteiger partial charge in [-0.3, -0.25) is 0 Å². The number of thioether (sulfide) groups is 1. The lowest BCUT2D eigenvalue weighted by atomic mass is 10.2. The summed E-state index contributed by atoms with van der Waals surface area (Å²) < 4.78 is 5.32. The van der Waals surface area contributed by atoms with Crippen molar-refractivity contribution in [2.24, 2.45) is 0 Å². The summed E-state index contributed by atoms with van der Waals surface area (Å²) in [6.45, 7) is 1.68. The Kier molecular flexibility index (Phi) is 3.70. The molecule has 0 bridgehead atoms. The third kappa shape index (κ3) is 2.69. The zero-order chi connectivity index (χ0) is 11.4. The lowest BCUT2D eigenvalue weighted by Crippen LogP contribution is -2.17. The van der Waals surface area contributed by atoms with Gasteiger partial charge in [-0.1, -0.05) is 0 Å². The molecular weight excluding hydrogens is 220 g/mol. The largest absolute Gasteiger partial charge is 0.398 e. The van der Waals surface area contributed by atoms with Crippen molar-refractivity contribution < 1.29 is 4.74 Å². The first-order valence-electron chi connectivity index (χ1n) is 5.33. The molecule has 1 heterocycles. The fourth-order valence-corrected chi connectivity index (χ4v) is 2.83. The number of benzene rings is 1. The van der Waals surface area contributed by atoms with Crippen molar-refractivity contribution in [1.29, 1.82) is 5.26 Å². The van der Waals surface area contributed by atoms with Gasteiger partial charge < -0.3 is 10.5 Å². The molecule has 1 fully saturated rings. The van der Waals surface area contributed by atoms with Crippen LogP contribution in [0, 0.1) is 11.3 Å². The van der Waals surface area contributed by atoms with Crippen LogP contribution in [0.1, 0.15) is 18.4 Å². The topological polar surface area (TPSA) is 59.0 Å². The van der Waals surface area contributed by atoms with E-state index in [2.05, 4.69) is 6.07 Å². The maximum atomic E-state index is 8.75. The molecule has 0 radical (unpaired) electrons. The van der Waals surface area contributed by atoms with E-state index in [1.54, 1.807) is 17.8 Å². The number of hydrogen-bond donors (Lipinski definition) is 1. The van der Waals surface area contributed by atoms with E-state index >= 15 is 0 Å².